The number of carbonyl (C=O) groups is 1. The molecule has 0 radical (unpaired) electrons. The Bertz CT molecular complexity index is 567. The van der Waals surface area contributed by atoms with Gasteiger partial charge in [0.1, 0.15) is 5.75 Å². The van der Waals surface area contributed by atoms with Crippen molar-refractivity contribution in [2.45, 2.75) is 24.7 Å². The van der Waals surface area contributed by atoms with E-state index in [0.717, 1.165) is 18.7 Å². The van der Waals surface area contributed by atoms with Crippen LogP contribution in [-0.2, 0) is 11.2 Å². The van der Waals surface area contributed by atoms with Gasteiger partial charge in [0.2, 0.25) is 0 Å². The number of hydrogen-bond acceptors (Lipinski definition) is 3. The lowest BCUT2D eigenvalue weighted by molar-refractivity contribution is -0.192. The maximum atomic E-state index is 12.3. The molecule has 1 aromatic carbocycles. The summed E-state index contributed by atoms with van der Waals surface area (Å²) in [5.41, 5.74) is 1.22. The van der Waals surface area contributed by atoms with Crippen molar-refractivity contribution in [3.05, 3.63) is 29.3 Å². The number of nitrogens with one attached hydrogen (secondary N) is 1. The Morgan fingerprint density at radius 1 is 1.25 bits per heavy atom. The van der Waals surface area contributed by atoms with Gasteiger partial charge in [-0.1, -0.05) is 12.1 Å². The maximum absolute atomic E-state index is 12.3. The van der Waals surface area contributed by atoms with Gasteiger partial charge >= 0.3 is 18.3 Å². The van der Waals surface area contributed by atoms with Gasteiger partial charge in [-0.05, 0) is 17.2 Å². The zero-order chi connectivity index (χ0) is 18.5. The monoisotopic (exact) mass is 359 g/mol. The van der Waals surface area contributed by atoms with Crippen LogP contribution < -0.4 is 10.1 Å². The quantitative estimate of drug-likeness (QED) is 0.815. The summed E-state index contributed by atoms with van der Waals surface area (Å²) in [6.07, 6.45) is -10.2. The average Bonchev–Trinajstić information content (AvgIpc) is 2.36. The van der Waals surface area contributed by atoms with E-state index >= 15 is 0 Å². The minimum Gasteiger partial charge on any atom is -0.496 e. The van der Waals surface area contributed by atoms with Crippen LogP contribution in [0.25, 0.3) is 0 Å². The second-order valence-electron chi connectivity index (χ2n) is 5.03. The van der Waals surface area contributed by atoms with E-state index in [2.05, 4.69) is 5.32 Å². The van der Waals surface area contributed by atoms with Crippen molar-refractivity contribution >= 4 is 5.97 Å². The molecule has 0 bridgehead atoms. The van der Waals surface area contributed by atoms with Gasteiger partial charge in [-0.15, -0.1) is 0 Å². The van der Waals surface area contributed by atoms with Gasteiger partial charge < -0.3 is 15.2 Å². The second kappa shape index (κ2) is 7.73. The molecule has 1 saturated heterocycles. The Hall–Kier alpha value is -1.97. The maximum Gasteiger partial charge on any atom is 0.490 e. The minimum absolute atomic E-state index is 0.241. The molecule has 1 aliphatic heterocycles. The lowest BCUT2D eigenvalue weighted by Crippen LogP contribution is -2.40. The molecule has 1 aliphatic rings. The number of carboxylic acids is 1. The van der Waals surface area contributed by atoms with Gasteiger partial charge in [0.15, 0.2) is 0 Å². The van der Waals surface area contributed by atoms with Gasteiger partial charge in [-0.3, -0.25) is 0 Å². The molecule has 1 aromatic rings. The van der Waals surface area contributed by atoms with Crippen LogP contribution in [0.2, 0.25) is 0 Å². The molecule has 0 saturated carbocycles. The zero-order valence-electron chi connectivity index (χ0n) is 12.5. The molecule has 0 atom stereocenters. The van der Waals surface area contributed by atoms with E-state index in [0.29, 0.717) is 11.7 Å². The highest BCUT2D eigenvalue weighted by molar-refractivity contribution is 5.73. The van der Waals surface area contributed by atoms with Crippen molar-refractivity contribution in [2.75, 3.05) is 20.2 Å². The number of aliphatic carboxylic acids is 1. The highest BCUT2D eigenvalue weighted by atomic mass is 19.4. The van der Waals surface area contributed by atoms with Crippen LogP contribution in [-0.4, -0.2) is 43.6 Å². The first kappa shape index (κ1) is 20.1. The van der Waals surface area contributed by atoms with Gasteiger partial charge in [0, 0.05) is 19.0 Å². The lowest BCUT2D eigenvalue weighted by Gasteiger charge is -2.29. The summed E-state index contributed by atoms with van der Waals surface area (Å²) in [7, 11) is 1.49. The number of hydrogen-bond donors (Lipinski definition) is 2. The van der Waals surface area contributed by atoms with Gasteiger partial charge in [-0.2, -0.15) is 26.3 Å². The summed E-state index contributed by atoms with van der Waals surface area (Å²) in [4.78, 5) is 8.90. The molecular formula is C14H15F6NO3. The largest absolute Gasteiger partial charge is 0.496 e. The van der Waals surface area contributed by atoms with Crippen LogP contribution in [0.1, 0.15) is 17.0 Å². The molecule has 10 heteroatoms. The Morgan fingerprint density at radius 3 is 2.12 bits per heavy atom. The highest BCUT2D eigenvalue weighted by Crippen LogP contribution is 2.32. The second-order valence-corrected chi connectivity index (χ2v) is 5.03. The minimum atomic E-state index is -5.08. The van der Waals surface area contributed by atoms with Crippen molar-refractivity contribution in [3.63, 3.8) is 0 Å². The third-order valence-electron chi connectivity index (χ3n) is 3.17. The van der Waals surface area contributed by atoms with Crippen molar-refractivity contribution in [1.29, 1.82) is 0 Å². The summed E-state index contributed by atoms with van der Waals surface area (Å²) >= 11 is 0. The predicted octanol–water partition coefficient (Wildman–Crippen LogP) is 3.12. The van der Waals surface area contributed by atoms with E-state index in [1.165, 1.54) is 19.2 Å². The van der Waals surface area contributed by atoms with Gasteiger partial charge in [0.25, 0.3) is 0 Å². The van der Waals surface area contributed by atoms with E-state index in [1.807, 2.05) is 0 Å². The molecule has 2 N–H and O–H groups in total. The van der Waals surface area contributed by atoms with Gasteiger partial charge in [-0.25, -0.2) is 4.79 Å². The Labute approximate surface area is 133 Å². The molecule has 0 unspecified atom stereocenters. The standard InChI is InChI=1S/C12H14F3NO.C2HF3O2/c1-17-11-4-8(5-12(13,14)15)2-3-10(11)9-6-16-7-9;3-2(4,5)1(6)7/h2-4,9,16H,5-7H2,1H3;(H,6,7). The Kier molecular flexibility index (Phi) is 6.47. The summed E-state index contributed by atoms with van der Waals surface area (Å²) in [6, 6.07) is 4.76. The molecule has 136 valence electrons. The molecule has 0 amide bonds. The van der Waals surface area contributed by atoms with Crippen molar-refractivity contribution in [1.82, 2.24) is 5.32 Å². The third-order valence-corrected chi connectivity index (χ3v) is 3.17. The van der Waals surface area contributed by atoms with Crippen molar-refractivity contribution in [3.8, 4) is 5.75 Å². The van der Waals surface area contributed by atoms with Crippen LogP contribution >= 0.6 is 0 Å². The Morgan fingerprint density at radius 2 is 1.79 bits per heavy atom. The van der Waals surface area contributed by atoms with Crippen LogP contribution in [0.5, 0.6) is 5.75 Å². The van der Waals surface area contributed by atoms with Crippen LogP contribution in [0, 0.1) is 0 Å². The summed E-state index contributed by atoms with van der Waals surface area (Å²) in [5.74, 6) is -1.85. The fourth-order valence-electron chi connectivity index (χ4n) is 1.94. The fourth-order valence-corrected chi connectivity index (χ4v) is 1.94. The number of carboxylic acid groups (broad SMARTS) is 1. The van der Waals surface area contributed by atoms with E-state index < -0.39 is 24.7 Å². The normalized spacial score (nSPS) is 15.1. The summed E-state index contributed by atoms with van der Waals surface area (Å²) in [5, 5.41) is 10.3. The SMILES string of the molecule is COc1cc(CC(F)(F)F)ccc1C1CNC1.O=C(O)C(F)(F)F. The molecule has 1 fully saturated rings. The number of methoxy groups -OCH3 is 1. The first-order valence-electron chi connectivity index (χ1n) is 6.68. The molecule has 0 aliphatic carbocycles. The predicted molar refractivity (Wildman–Crippen MR) is 72.1 cm³/mol. The first-order chi connectivity index (χ1) is 10.9. The fraction of sp³-hybridized carbons (Fsp3) is 0.500. The van der Waals surface area contributed by atoms with Crippen molar-refractivity contribution in [2.24, 2.45) is 0 Å². The van der Waals surface area contributed by atoms with Crippen molar-refractivity contribution < 1.29 is 41.0 Å². The number of benzene rings is 1. The Balaban J connectivity index is 0.000000351. The zero-order valence-corrected chi connectivity index (χ0v) is 12.5. The van der Waals surface area contributed by atoms with Crippen LogP contribution in [0.15, 0.2) is 18.2 Å². The van der Waals surface area contributed by atoms with E-state index in [9.17, 15) is 26.3 Å². The number of ether oxygens (including phenoxy) is 1. The van der Waals surface area contributed by atoms with E-state index in [1.54, 1.807) is 6.07 Å². The van der Waals surface area contributed by atoms with Crippen LogP contribution in [0.4, 0.5) is 26.3 Å². The highest BCUT2D eigenvalue weighted by Gasteiger charge is 2.38. The van der Waals surface area contributed by atoms with E-state index in [4.69, 9.17) is 14.6 Å². The molecule has 24 heavy (non-hydrogen) atoms. The first-order valence-corrected chi connectivity index (χ1v) is 6.68. The third kappa shape index (κ3) is 6.26. The van der Waals surface area contributed by atoms with Gasteiger partial charge in [0.05, 0.1) is 13.5 Å². The molecule has 2 rings (SSSR count). The summed E-state index contributed by atoms with van der Waals surface area (Å²) in [6.45, 7) is 1.71. The molecule has 0 spiro atoms. The molecule has 1 heterocycles. The molecule has 0 aromatic heterocycles. The molecular weight excluding hydrogens is 344 g/mol. The summed E-state index contributed by atoms with van der Waals surface area (Å²) < 4.78 is 73.7. The number of rotatable bonds is 3. The smallest absolute Gasteiger partial charge is 0.490 e. The topological polar surface area (TPSA) is 58.6 Å². The lowest BCUT2D eigenvalue weighted by atomic mass is 9.91. The number of halogens is 6. The van der Waals surface area contributed by atoms with Crippen LogP contribution in [0.3, 0.4) is 0 Å². The molecule has 4 nitrogen and oxygen atoms in total. The average molecular weight is 359 g/mol. The number of alkyl halides is 6. The van der Waals surface area contributed by atoms with E-state index in [-0.39, 0.29) is 5.56 Å².